The van der Waals surface area contributed by atoms with E-state index in [9.17, 15) is 27.5 Å². The second kappa shape index (κ2) is 9.22. The first-order chi connectivity index (χ1) is 15.2. The summed E-state index contributed by atoms with van der Waals surface area (Å²) in [5, 5.41) is 21.0. The normalized spacial score (nSPS) is 11.3. The molecule has 0 radical (unpaired) electrons. The van der Waals surface area contributed by atoms with Gasteiger partial charge in [0, 0.05) is 31.9 Å². The van der Waals surface area contributed by atoms with Gasteiger partial charge in [-0.25, -0.2) is 14.1 Å². The maximum atomic E-state index is 14.5. The Bertz CT molecular complexity index is 1130. The third-order valence-electron chi connectivity index (χ3n) is 4.50. The third-order valence-corrected chi connectivity index (χ3v) is 4.50. The summed E-state index contributed by atoms with van der Waals surface area (Å²) in [5.41, 5.74) is -1.86. The standard InChI is InChI=1S/C20H20F4N6O2/c1-3-30-17(7-11(10-31)29-30)28-16-8-15(13(9-26-16)20(22,23)24)27-18-12(19(32)25-2)5-4-6-14(18)21/h4-9,31H,3,10H2,1-2H3,(H,25,32)(H2,26,27,28). The van der Waals surface area contributed by atoms with Gasteiger partial charge in [0.1, 0.15) is 17.5 Å². The minimum absolute atomic E-state index is 0.0115. The van der Waals surface area contributed by atoms with Gasteiger partial charge < -0.3 is 21.1 Å². The SMILES string of the molecule is CCn1nc(CO)cc1Nc1cc(Nc2c(F)cccc2C(=O)NC)c(C(F)(F)F)cn1. The van der Waals surface area contributed by atoms with Crippen molar-refractivity contribution in [2.45, 2.75) is 26.3 Å². The number of aliphatic hydroxyl groups excluding tert-OH is 1. The molecule has 170 valence electrons. The van der Waals surface area contributed by atoms with E-state index < -0.39 is 34.8 Å². The highest BCUT2D eigenvalue weighted by Crippen LogP contribution is 2.38. The summed E-state index contributed by atoms with van der Waals surface area (Å²) in [7, 11) is 1.32. The number of carbonyl (C=O) groups excluding carboxylic acids is 1. The molecule has 3 aromatic rings. The van der Waals surface area contributed by atoms with Crippen molar-refractivity contribution in [3.63, 3.8) is 0 Å². The Morgan fingerprint density at radius 1 is 1.22 bits per heavy atom. The zero-order valence-corrected chi connectivity index (χ0v) is 17.1. The molecular formula is C20H20F4N6O2. The van der Waals surface area contributed by atoms with Crippen molar-refractivity contribution >= 4 is 28.9 Å². The number of aliphatic hydroxyl groups is 1. The molecule has 0 unspecified atom stereocenters. The number of benzene rings is 1. The number of rotatable bonds is 7. The topological polar surface area (TPSA) is 104 Å². The minimum Gasteiger partial charge on any atom is -0.390 e. The number of hydrogen-bond donors (Lipinski definition) is 4. The number of para-hydroxylation sites is 1. The average Bonchev–Trinajstić information content (AvgIpc) is 3.15. The van der Waals surface area contributed by atoms with Gasteiger partial charge in [0.05, 0.1) is 34.8 Å². The Labute approximate surface area is 180 Å². The highest BCUT2D eigenvalue weighted by molar-refractivity contribution is 6.00. The van der Waals surface area contributed by atoms with Crippen LogP contribution < -0.4 is 16.0 Å². The van der Waals surface area contributed by atoms with Gasteiger partial charge in [-0.15, -0.1) is 0 Å². The van der Waals surface area contributed by atoms with E-state index in [1.54, 1.807) is 6.92 Å². The molecule has 0 bridgehead atoms. The van der Waals surface area contributed by atoms with Crippen LogP contribution in [0.1, 0.15) is 28.5 Å². The molecule has 0 saturated heterocycles. The predicted octanol–water partition coefficient (Wildman–Crippen LogP) is 3.80. The van der Waals surface area contributed by atoms with Crippen molar-refractivity contribution in [2.75, 3.05) is 17.7 Å². The number of aromatic nitrogens is 3. The fourth-order valence-electron chi connectivity index (χ4n) is 2.98. The lowest BCUT2D eigenvalue weighted by Gasteiger charge is -2.18. The molecular weight excluding hydrogens is 432 g/mol. The van der Waals surface area contributed by atoms with Crippen LogP contribution in [0.3, 0.4) is 0 Å². The van der Waals surface area contributed by atoms with Crippen LogP contribution in [0.15, 0.2) is 36.5 Å². The van der Waals surface area contributed by atoms with Gasteiger partial charge in [0.25, 0.3) is 5.91 Å². The Morgan fingerprint density at radius 2 is 1.97 bits per heavy atom. The van der Waals surface area contributed by atoms with Crippen molar-refractivity contribution in [2.24, 2.45) is 0 Å². The third kappa shape index (κ3) is 4.80. The van der Waals surface area contributed by atoms with Crippen LogP contribution >= 0.6 is 0 Å². The predicted molar refractivity (Wildman–Crippen MR) is 109 cm³/mol. The summed E-state index contributed by atoms with van der Waals surface area (Å²) in [6.45, 7) is 1.91. The largest absolute Gasteiger partial charge is 0.419 e. The van der Waals surface area contributed by atoms with E-state index in [2.05, 4.69) is 26.0 Å². The monoisotopic (exact) mass is 452 g/mol. The number of nitrogens with one attached hydrogen (secondary N) is 3. The summed E-state index contributed by atoms with van der Waals surface area (Å²) in [4.78, 5) is 15.9. The van der Waals surface area contributed by atoms with Gasteiger partial charge in [0.15, 0.2) is 0 Å². The molecule has 1 aromatic carbocycles. The number of hydrogen-bond acceptors (Lipinski definition) is 6. The molecule has 12 heteroatoms. The fourth-order valence-corrected chi connectivity index (χ4v) is 2.98. The average molecular weight is 452 g/mol. The minimum atomic E-state index is -4.79. The smallest absolute Gasteiger partial charge is 0.390 e. The van der Waals surface area contributed by atoms with Crippen molar-refractivity contribution in [1.29, 1.82) is 0 Å². The Hall–Kier alpha value is -3.67. The Morgan fingerprint density at radius 3 is 2.59 bits per heavy atom. The molecule has 0 atom stereocenters. The number of carbonyl (C=O) groups is 1. The van der Waals surface area contributed by atoms with Gasteiger partial charge in [-0.2, -0.15) is 18.3 Å². The van der Waals surface area contributed by atoms with Crippen LogP contribution in [0, 0.1) is 5.82 Å². The molecule has 0 saturated carbocycles. The first kappa shape index (κ1) is 23.0. The van der Waals surface area contributed by atoms with Gasteiger partial charge >= 0.3 is 6.18 Å². The lowest BCUT2D eigenvalue weighted by Crippen LogP contribution is -2.20. The maximum absolute atomic E-state index is 14.5. The molecule has 2 heterocycles. The summed E-state index contributed by atoms with van der Waals surface area (Å²) in [5.74, 6) is -1.16. The fraction of sp³-hybridized carbons (Fsp3) is 0.250. The number of anilines is 4. The van der Waals surface area contributed by atoms with Crippen molar-refractivity contribution < 1.29 is 27.5 Å². The van der Waals surface area contributed by atoms with E-state index >= 15 is 0 Å². The van der Waals surface area contributed by atoms with Crippen LogP contribution in [0.4, 0.5) is 40.6 Å². The van der Waals surface area contributed by atoms with Gasteiger partial charge in [-0.05, 0) is 19.1 Å². The number of alkyl halides is 3. The molecule has 8 nitrogen and oxygen atoms in total. The quantitative estimate of drug-likeness (QED) is 0.407. The van der Waals surface area contributed by atoms with E-state index in [-0.39, 0.29) is 18.0 Å². The highest BCUT2D eigenvalue weighted by Gasteiger charge is 2.35. The van der Waals surface area contributed by atoms with Crippen molar-refractivity contribution in [3.05, 3.63) is 59.2 Å². The lowest BCUT2D eigenvalue weighted by atomic mass is 10.1. The highest BCUT2D eigenvalue weighted by atomic mass is 19.4. The van der Waals surface area contributed by atoms with Crippen LogP contribution in [-0.2, 0) is 19.3 Å². The van der Waals surface area contributed by atoms with Crippen molar-refractivity contribution in [3.8, 4) is 0 Å². The van der Waals surface area contributed by atoms with Crippen LogP contribution in [-0.4, -0.2) is 32.8 Å². The van der Waals surface area contributed by atoms with Crippen LogP contribution in [0.2, 0.25) is 0 Å². The number of nitrogens with zero attached hydrogens (tertiary/aromatic N) is 3. The van der Waals surface area contributed by atoms with E-state index in [4.69, 9.17) is 0 Å². The lowest BCUT2D eigenvalue weighted by molar-refractivity contribution is -0.137. The summed E-state index contributed by atoms with van der Waals surface area (Å²) in [6, 6.07) is 6.16. The van der Waals surface area contributed by atoms with Gasteiger partial charge in [-0.1, -0.05) is 6.07 Å². The van der Waals surface area contributed by atoms with Crippen LogP contribution in [0.5, 0.6) is 0 Å². The zero-order chi connectivity index (χ0) is 23.5. The molecule has 2 aromatic heterocycles. The molecule has 32 heavy (non-hydrogen) atoms. The first-order valence-electron chi connectivity index (χ1n) is 9.47. The number of aryl methyl sites for hydroxylation is 1. The number of amides is 1. The van der Waals surface area contributed by atoms with Crippen molar-refractivity contribution in [1.82, 2.24) is 20.1 Å². The molecule has 3 rings (SSSR count). The summed E-state index contributed by atoms with van der Waals surface area (Å²) < 4.78 is 56.7. The molecule has 0 spiro atoms. The van der Waals surface area contributed by atoms with Gasteiger partial charge in [0.2, 0.25) is 0 Å². The summed E-state index contributed by atoms with van der Waals surface area (Å²) in [6.07, 6.45) is -4.19. The van der Waals surface area contributed by atoms with E-state index in [0.29, 0.717) is 24.3 Å². The maximum Gasteiger partial charge on any atom is 0.419 e. The molecule has 0 aliphatic rings. The van der Waals surface area contributed by atoms with E-state index in [0.717, 1.165) is 12.1 Å². The molecule has 4 N–H and O–H groups in total. The number of pyridine rings is 1. The van der Waals surface area contributed by atoms with E-state index in [1.165, 1.54) is 29.9 Å². The second-order valence-electron chi connectivity index (χ2n) is 6.60. The molecule has 1 amide bonds. The zero-order valence-electron chi connectivity index (χ0n) is 17.1. The number of halogens is 4. The molecule has 0 aliphatic carbocycles. The molecule has 0 aliphatic heterocycles. The molecule has 0 fully saturated rings. The van der Waals surface area contributed by atoms with E-state index in [1.807, 2.05) is 0 Å². The second-order valence-corrected chi connectivity index (χ2v) is 6.60. The summed E-state index contributed by atoms with van der Waals surface area (Å²) >= 11 is 0. The van der Waals surface area contributed by atoms with Gasteiger partial charge in [-0.3, -0.25) is 4.79 Å². The Balaban J connectivity index is 2.06. The van der Waals surface area contributed by atoms with Crippen LogP contribution in [0.25, 0.3) is 0 Å². The Kier molecular flexibility index (Phi) is 6.63. The first-order valence-corrected chi connectivity index (χ1v) is 9.47.